The van der Waals surface area contributed by atoms with Crippen molar-refractivity contribution in [3.63, 3.8) is 0 Å². The molecule has 3 heteroatoms. The molecule has 0 bridgehead atoms. The third-order valence-corrected chi connectivity index (χ3v) is 3.65. The van der Waals surface area contributed by atoms with E-state index in [1.165, 1.54) is 5.56 Å². The minimum absolute atomic E-state index is 0.0592. The summed E-state index contributed by atoms with van der Waals surface area (Å²) in [5.74, 6) is -0.0592. The molecule has 1 aromatic carbocycles. The van der Waals surface area contributed by atoms with Gasteiger partial charge < -0.3 is 5.32 Å². The lowest BCUT2D eigenvalue weighted by atomic mass is 9.76. The fraction of sp³-hybridized carbons (Fsp3) is 0.412. The number of anilines is 1. The molecule has 0 spiro atoms. The zero-order chi connectivity index (χ0) is 14.9. The first-order chi connectivity index (χ1) is 9.32. The molecule has 1 aliphatic rings. The van der Waals surface area contributed by atoms with E-state index in [0.29, 0.717) is 6.42 Å². The molecule has 1 aliphatic carbocycles. The number of hydrogen-bond donors (Lipinski definition) is 1. The summed E-state index contributed by atoms with van der Waals surface area (Å²) in [6.45, 7) is 8.19. The Balaban J connectivity index is 2.39. The van der Waals surface area contributed by atoms with Crippen LogP contribution in [0, 0.1) is 30.6 Å². The SMILES string of the molecule is Cc1ccc(NC2=C(C#N)C(=O)CC(C)(C)C2)c(C)c1. The summed E-state index contributed by atoms with van der Waals surface area (Å²) in [6.07, 6.45) is 1.16. The summed E-state index contributed by atoms with van der Waals surface area (Å²) in [5.41, 5.74) is 4.21. The van der Waals surface area contributed by atoms with E-state index in [9.17, 15) is 10.1 Å². The highest BCUT2D eigenvalue weighted by molar-refractivity contribution is 6.01. The first kappa shape index (κ1) is 14.3. The molecular weight excluding hydrogens is 248 g/mol. The molecule has 1 N–H and O–H groups in total. The molecule has 104 valence electrons. The second kappa shape index (κ2) is 5.13. The van der Waals surface area contributed by atoms with Gasteiger partial charge >= 0.3 is 0 Å². The number of allylic oxidation sites excluding steroid dienone is 2. The zero-order valence-corrected chi connectivity index (χ0v) is 12.5. The van der Waals surface area contributed by atoms with Crippen molar-refractivity contribution in [3.05, 3.63) is 40.6 Å². The van der Waals surface area contributed by atoms with E-state index in [2.05, 4.69) is 31.3 Å². The fourth-order valence-corrected chi connectivity index (χ4v) is 2.67. The number of ketones is 1. The van der Waals surface area contributed by atoms with Crippen LogP contribution in [0.4, 0.5) is 5.69 Å². The molecule has 0 aromatic heterocycles. The number of rotatable bonds is 2. The van der Waals surface area contributed by atoms with Gasteiger partial charge in [0.2, 0.25) is 0 Å². The van der Waals surface area contributed by atoms with Crippen molar-refractivity contribution in [1.29, 1.82) is 5.26 Å². The standard InChI is InChI=1S/C17H20N2O/c1-11-5-6-14(12(2)7-11)19-15-8-17(3,4)9-16(20)13(15)10-18/h5-7,19H,8-9H2,1-4H3. The van der Waals surface area contributed by atoms with Crippen molar-refractivity contribution in [1.82, 2.24) is 0 Å². The molecule has 0 fully saturated rings. The van der Waals surface area contributed by atoms with Gasteiger partial charge in [-0.3, -0.25) is 4.79 Å². The van der Waals surface area contributed by atoms with E-state index in [4.69, 9.17) is 0 Å². The Morgan fingerprint density at radius 1 is 1.25 bits per heavy atom. The average Bonchev–Trinajstić information content (AvgIpc) is 2.31. The third-order valence-electron chi connectivity index (χ3n) is 3.65. The Bertz CT molecular complexity index is 633. The van der Waals surface area contributed by atoms with Gasteiger partial charge in [-0.05, 0) is 37.3 Å². The zero-order valence-electron chi connectivity index (χ0n) is 12.5. The van der Waals surface area contributed by atoms with Crippen LogP contribution >= 0.6 is 0 Å². The van der Waals surface area contributed by atoms with Crippen molar-refractivity contribution in [3.8, 4) is 6.07 Å². The highest BCUT2D eigenvalue weighted by Crippen LogP contribution is 2.37. The predicted molar refractivity (Wildman–Crippen MR) is 80.2 cm³/mol. The van der Waals surface area contributed by atoms with Gasteiger partial charge in [0.25, 0.3) is 0 Å². The van der Waals surface area contributed by atoms with Gasteiger partial charge in [-0.1, -0.05) is 31.5 Å². The van der Waals surface area contributed by atoms with Gasteiger partial charge in [-0.15, -0.1) is 0 Å². The highest BCUT2D eigenvalue weighted by Gasteiger charge is 2.33. The molecule has 0 saturated heterocycles. The molecule has 20 heavy (non-hydrogen) atoms. The molecule has 0 heterocycles. The van der Waals surface area contributed by atoms with Gasteiger partial charge in [0.05, 0.1) is 0 Å². The van der Waals surface area contributed by atoms with Crippen molar-refractivity contribution in [2.24, 2.45) is 5.41 Å². The normalized spacial score (nSPS) is 17.9. The van der Waals surface area contributed by atoms with E-state index >= 15 is 0 Å². The number of nitriles is 1. The number of benzene rings is 1. The lowest BCUT2D eigenvalue weighted by Gasteiger charge is -2.31. The number of hydrogen-bond acceptors (Lipinski definition) is 3. The summed E-state index contributed by atoms with van der Waals surface area (Å²) in [7, 11) is 0. The number of aryl methyl sites for hydroxylation is 2. The highest BCUT2D eigenvalue weighted by atomic mass is 16.1. The molecule has 0 aliphatic heterocycles. The van der Waals surface area contributed by atoms with Crippen LogP contribution in [0.1, 0.15) is 37.8 Å². The second-order valence-corrected chi connectivity index (χ2v) is 6.35. The molecule has 0 unspecified atom stereocenters. The summed E-state index contributed by atoms with van der Waals surface area (Å²) in [6, 6.07) is 8.17. The minimum Gasteiger partial charge on any atom is -0.357 e. The van der Waals surface area contributed by atoms with Crippen LogP contribution in [-0.2, 0) is 4.79 Å². The molecule has 3 nitrogen and oxygen atoms in total. The molecule has 0 atom stereocenters. The van der Waals surface area contributed by atoms with E-state index < -0.39 is 0 Å². The Labute approximate surface area is 120 Å². The smallest absolute Gasteiger partial charge is 0.175 e. The molecule has 0 radical (unpaired) electrons. The van der Waals surface area contributed by atoms with Crippen LogP contribution in [0.2, 0.25) is 0 Å². The van der Waals surface area contributed by atoms with Crippen molar-refractivity contribution < 1.29 is 4.79 Å². The van der Waals surface area contributed by atoms with E-state index in [1.807, 2.05) is 26.0 Å². The monoisotopic (exact) mass is 268 g/mol. The maximum absolute atomic E-state index is 12.1. The van der Waals surface area contributed by atoms with E-state index in [1.54, 1.807) is 0 Å². The first-order valence-electron chi connectivity index (χ1n) is 6.83. The van der Waals surface area contributed by atoms with Crippen LogP contribution in [0.3, 0.4) is 0 Å². The molecular formula is C17H20N2O. The maximum Gasteiger partial charge on any atom is 0.175 e. The second-order valence-electron chi connectivity index (χ2n) is 6.35. The molecule has 2 rings (SSSR count). The lowest BCUT2D eigenvalue weighted by molar-refractivity contribution is -0.117. The largest absolute Gasteiger partial charge is 0.357 e. The van der Waals surface area contributed by atoms with Crippen LogP contribution in [0.15, 0.2) is 29.5 Å². The Morgan fingerprint density at radius 3 is 2.55 bits per heavy atom. The van der Waals surface area contributed by atoms with Gasteiger partial charge in [0.1, 0.15) is 11.6 Å². The molecule has 0 amide bonds. The first-order valence-corrected chi connectivity index (χ1v) is 6.83. The number of Topliss-reactive ketones (excluding diaryl/α,β-unsaturated/α-hetero) is 1. The van der Waals surface area contributed by atoms with Gasteiger partial charge in [-0.2, -0.15) is 5.26 Å². The van der Waals surface area contributed by atoms with Gasteiger partial charge in [0, 0.05) is 17.8 Å². The topological polar surface area (TPSA) is 52.9 Å². The summed E-state index contributed by atoms with van der Waals surface area (Å²) in [4.78, 5) is 12.1. The lowest BCUT2D eigenvalue weighted by Crippen LogP contribution is -2.28. The van der Waals surface area contributed by atoms with Gasteiger partial charge in [-0.25, -0.2) is 0 Å². The van der Waals surface area contributed by atoms with Crippen molar-refractivity contribution in [2.75, 3.05) is 5.32 Å². The van der Waals surface area contributed by atoms with Crippen molar-refractivity contribution >= 4 is 11.5 Å². The summed E-state index contributed by atoms with van der Waals surface area (Å²) < 4.78 is 0. The van der Waals surface area contributed by atoms with Crippen molar-refractivity contribution in [2.45, 2.75) is 40.5 Å². The van der Waals surface area contributed by atoms with Crippen LogP contribution in [-0.4, -0.2) is 5.78 Å². The van der Waals surface area contributed by atoms with Crippen LogP contribution in [0.25, 0.3) is 0 Å². The van der Waals surface area contributed by atoms with Gasteiger partial charge in [0.15, 0.2) is 5.78 Å². The minimum atomic E-state index is -0.0988. The number of carbonyl (C=O) groups is 1. The van der Waals surface area contributed by atoms with Crippen LogP contribution in [0.5, 0.6) is 0 Å². The van der Waals surface area contributed by atoms with E-state index in [0.717, 1.165) is 23.4 Å². The number of nitrogens with one attached hydrogen (secondary N) is 1. The predicted octanol–water partition coefficient (Wildman–Crippen LogP) is 3.88. The molecule has 0 saturated carbocycles. The maximum atomic E-state index is 12.1. The fourth-order valence-electron chi connectivity index (χ4n) is 2.67. The quantitative estimate of drug-likeness (QED) is 0.885. The van der Waals surface area contributed by atoms with E-state index in [-0.39, 0.29) is 16.8 Å². The van der Waals surface area contributed by atoms with Crippen LogP contribution < -0.4 is 5.32 Å². The summed E-state index contributed by atoms with van der Waals surface area (Å²) in [5, 5.41) is 12.5. The Morgan fingerprint density at radius 2 is 1.95 bits per heavy atom. The Kier molecular flexibility index (Phi) is 3.67. The third kappa shape index (κ3) is 2.91. The number of nitrogens with zero attached hydrogens (tertiary/aromatic N) is 1. The molecule has 1 aromatic rings. The summed E-state index contributed by atoms with van der Waals surface area (Å²) >= 11 is 0. The average molecular weight is 268 g/mol. The number of carbonyl (C=O) groups excluding carboxylic acids is 1. The Hall–Kier alpha value is -2.08.